The van der Waals surface area contributed by atoms with E-state index in [4.69, 9.17) is 39.5 Å². The third-order valence-electron chi connectivity index (χ3n) is 5.88. The second kappa shape index (κ2) is 11.8. The number of benzene rings is 3. The highest BCUT2D eigenvalue weighted by Gasteiger charge is 2.18. The average molecular weight is 531 g/mol. The van der Waals surface area contributed by atoms with E-state index >= 15 is 0 Å². The molecule has 8 heteroatoms. The molecule has 5 nitrogen and oxygen atoms in total. The van der Waals surface area contributed by atoms with E-state index in [1.807, 2.05) is 42.5 Å². The van der Waals surface area contributed by atoms with Crippen LogP contribution < -0.4 is 15.0 Å². The smallest absolute Gasteiger partial charge is 0.248 e. The van der Waals surface area contributed by atoms with Crippen molar-refractivity contribution in [1.82, 2.24) is 4.90 Å². The average Bonchev–Trinajstić information content (AvgIpc) is 2.85. The van der Waals surface area contributed by atoms with Crippen LogP contribution in [0.2, 0.25) is 15.1 Å². The SMILES string of the molecule is COc1c(Cl)cc(Cl)cc1/C=C/C(=O)Nc1ccc(N2CCN(Cc3ccccc3Cl)CC2)cc1. The number of carbonyl (C=O) groups excluding carboxylic acids is 1. The van der Waals surface area contributed by atoms with Crippen molar-refractivity contribution in [3.05, 3.63) is 92.9 Å². The molecule has 0 unspecified atom stereocenters. The summed E-state index contributed by atoms with van der Waals surface area (Å²) in [4.78, 5) is 17.2. The maximum absolute atomic E-state index is 12.4. The van der Waals surface area contributed by atoms with Crippen molar-refractivity contribution in [2.75, 3.05) is 43.5 Å². The topological polar surface area (TPSA) is 44.8 Å². The lowest BCUT2D eigenvalue weighted by molar-refractivity contribution is -0.111. The molecule has 1 N–H and O–H groups in total. The van der Waals surface area contributed by atoms with Crippen molar-refractivity contribution in [3.63, 3.8) is 0 Å². The Balaban J connectivity index is 1.30. The number of piperazine rings is 1. The number of anilines is 2. The van der Waals surface area contributed by atoms with Gasteiger partial charge in [0.1, 0.15) is 5.75 Å². The van der Waals surface area contributed by atoms with Crippen molar-refractivity contribution in [3.8, 4) is 5.75 Å². The molecule has 1 aliphatic rings. The predicted molar refractivity (Wildman–Crippen MR) is 146 cm³/mol. The molecular formula is C27H26Cl3N3O2. The molecular weight excluding hydrogens is 505 g/mol. The largest absolute Gasteiger partial charge is 0.495 e. The molecule has 0 saturated carbocycles. The number of amides is 1. The summed E-state index contributed by atoms with van der Waals surface area (Å²) in [6.07, 6.45) is 3.05. The summed E-state index contributed by atoms with van der Waals surface area (Å²) in [5, 5.41) is 4.55. The van der Waals surface area contributed by atoms with Gasteiger partial charge in [-0.1, -0.05) is 53.0 Å². The molecule has 1 fully saturated rings. The number of halogens is 3. The number of hydrogen-bond acceptors (Lipinski definition) is 4. The summed E-state index contributed by atoms with van der Waals surface area (Å²) in [6, 6.07) is 19.2. The van der Waals surface area contributed by atoms with Crippen LogP contribution in [-0.4, -0.2) is 44.1 Å². The van der Waals surface area contributed by atoms with Gasteiger partial charge in [0, 0.05) is 65.8 Å². The first-order valence-corrected chi connectivity index (χ1v) is 12.4. The highest BCUT2D eigenvalue weighted by Crippen LogP contribution is 2.33. The van der Waals surface area contributed by atoms with Crippen molar-refractivity contribution in [2.45, 2.75) is 6.54 Å². The third-order valence-corrected chi connectivity index (χ3v) is 6.75. The predicted octanol–water partition coefficient (Wildman–Crippen LogP) is 6.63. The van der Waals surface area contributed by atoms with Crippen LogP contribution in [0.15, 0.2) is 66.7 Å². The van der Waals surface area contributed by atoms with E-state index in [1.54, 1.807) is 18.2 Å². The minimum absolute atomic E-state index is 0.260. The molecule has 1 saturated heterocycles. The molecule has 182 valence electrons. The minimum Gasteiger partial charge on any atom is -0.495 e. The molecule has 1 heterocycles. The normalized spacial score (nSPS) is 14.3. The lowest BCUT2D eigenvalue weighted by Crippen LogP contribution is -2.46. The highest BCUT2D eigenvalue weighted by atomic mass is 35.5. The first-order valence-electron chi connectivity index (χ1n) is 11.3. The van der Waals surface area contributed by atoms with Crippen molar-refractivity contribution >= 4 is 58.2 Å². The van der Waals surface area contributed by atoms with Crippen LogP contribution in [0.4, 0.5) is 11.4 Å². The molecule has 0 bridgehead atoms. The molecule has 0 aliphatic carbocycles. The van der Waals surface area contributed by atoms with Gasteiger partial charge in [-0.15, -0.1) is 0 Å². The van der Waals surface area contributed by atoms with Gasteiger partial charge in [0.15, 0.2) is 0 Å². The van der Waals surface area contributed by atoms with Crippen LogP contribution >= 0.6 is 34.8 Å². The molecule has 0 aromatic heterocycles. The zero-order valence-corrected chi connectivity index (χ0v) is 21.6. The van der Waals surface area contributed by atoms with Gasteiger partial charge >= 0.3 is 0 Å². The molecule has 0 radical (unpaired) electrons. The van der Waals surface area contributed by atoms with Crippen molar-refractivity contribution in [2.24, 2.45) is 0 Å². The third kappa shape index (κ3) is 6.71. The number of ether oxygens (including phenoxy) is 1. The van der Waals surface area contributed by atoms with Crippen LogP contribution in [0.3, 0.4) is 0 Å². The van der Waals surface area contributed by atoms with Crippen molar-refractivity contribution in [1.29, 1.82) is 0 Å². The Kier molecular flexibility index (Phi) is 8.58. The second-order valence-electron chi connectivity index (χ2n) is 8.23. The monoisotopic (exact) mass is 529 g/mol. The van der Waals surface area contributed by atoms with Crippen LogP contribution in [-0.2, 0) is 11.3 Å². The van der Waals surface area contributed by atoms with E-state index in [2.05, 4.69) is 21.2 Å². The quantitative estimate of drug-likeness (QED) is 0.348. The van der Waals surface area contributed by atoms with Crippen LogP contribution in [0, 0.1) is 0 Å². The molecule has 3 aromatic carbocycles. The lowest BCUT2D eigenvalue weighted by atomic mass is 10.1. The maximum atomic E-state index is 12.4. The molecule has 0 atom stereocenters. The van der Waals surface area contributed by atoms with E-state index in [0.717, 1.165) is 54.7 Å². The Morgan fingerprint density at radius 1 is 0.971 bits per heavy atom. The summed E-state index contributed by atoms with van der Waals surface area (Å²) in [6.45, 7) is 4.65. The maximum Gasteiger partial charge on any atom is 0.248 e. The first-order chi connectivity index (χ1) is 16.9. The van der Waals surface area contributed by atoms with Gasteiger partial charge in [-0.05, 0) is 54.1 Å². The zero-order chi connectivity index (χ0) is 24.8. The molecule has 3 aromatic rings. The second-order valence-corrected chi connectivity index (χ2v) is 9.48. The van der Waals surface area contributed by atoms with Crippen LogP contribution in [0.1, 0.15) is 11.1 Å². The Labute approximate surface area is 220 Å². The summed E-state index contributed by atoms with van der Waals surface area (Å²) >= 11 is 18.5. The van der Waals surface area contributed by atoms with Crippen LogP contribution in [0.25, 0.3) is 6.08 Å². The van der Waals surface area contributed by atoms with E-state index in [9.17, 15) is 4.79 Å². The Hall–Kier alpha value is -2.70. The fourth-order valence-corrected chi connectivity index (χ4v) is 4.84. The molecule has 35 heavy (non-hydrogen) atoms. The summed E-state index contributed by atoms with van der Waals surface area (Å²) in [5.74, 6) is 0.209. The van der Waals surface area contributed by atoms with Gasteiger partial charge in [-0.2, -0.15) is 0 Å². The molecule has 1 aliphatic heterocycles. The van der Waals surface area contributed by atoms with Gasteiger partial charge in [-0.25, -0.2) is 0 Å². The van der Waals surface area contributed by atoms with E-state index in [0.29, 0.717) is 21.4 Å². The summed E-state index contributed by atoms with van der Waals surface area (Å²) in [5.41, 5.74) is 3.64. The first kappa shape index (κ1) is 25.4. The zero-order valence-electron chi connectivity index (χ0n) is 19.3. The number of methoxy groups -OCH3 is 1. The number of hydrogen-bond donors (Lipinski definition) is 1. The standard InChI is InChI=1S/C27H26Cl3N3O2/c1-35-27-19(16-21(28)17-25(27)30)6-11-26(34)31-22-7-9-23(10-8-22)33-14-12-32(13-15-33)18-20-4-2-3-5-24(20)29/h2-11,16-17H,12-15,18H2,1H3,(H,31,34)/b11-6+. The van der Waals surface area contributed by atoms with Gasteiger partial charge in [0.25, 0.3) is 0 Å². The van der Waals surface area contributed by atoms with E-state index < -0.39 is 0 Å². The molecule has 4 rings (SSSR count). The fourth-order valence-electron chi connectivity index (χ4n) is 4.06. The number of nitrogens with zero attached hydrogens (tertiary/aromatic N) is 2. The van der Waals surface area contributed by atoms with Gasteiger partial charge in [0.05, 0.1) is 12.1 Å². The van der Waals surface area contributed by atoms with E-state index in [-0.39, 0.29) is 5.91 Å². The lowest BCUT2D eigenvalue weighted by Gasteiger charge is -2.36. The van der Waals surface area contributed by atoms with E-state index in [1.165, 1.54) is 13.2 Å². The van der Waals surface area contributed by atoms with Crippen molar-refractivity contribution < 1.29 is 9.53 Å². The summed E-state index contributed by atoms with van der Waals surface area (Å²) < 4.78 is 5.31. The summed E-state index contributed by atoms with van der Waals surface area (Å²) in [7, 11) is 1.52. The van der Waals surface area contributed by atoms with Crippen LogP contribution in [0.5, 0.6) is 5.75 Å². The highest BCUT2D eigenvalue weighted by molar-refractivity contribution is 6.36. The number of rotatable bonds is 7. The van der Waals surface area contributed by atoms with Gasteiger partial charge in [0.2, 0.25) is 5.91 Å². The van der Waals surface area contributed by atoms with Gasteiger partial charge in [-0.3, -0.25) is 9.69 Å². The molecule has 0 spiro atoms. The number of carbonyl (C=O) groups is 1. The number of nitrogens with one attached hydrogen (secondary N) is 1. The fraction of sp³-hybridized carbons (Fsp3) is 0.222. The molecule has 1 amide bonds. The minimum atomic E-state index is -0.260. The Morgan fingerprint density at radius 2 is 1.69 bits per heavy atom. The van der Waals surface area contributed by atoms with Gasteiger partial charge < -0.3 is 15.0 Å². The Bertz CT molecular complexity index is 1210. The Morgan fingerprint density at radius 3 is 2.37 bits per heavy atom.